The SMILES string of the molecule is O=c1cc(-c2ccccc2)sn1-c1nc2ccccc2s1. The molecule has 3 nitrogen and oxygen atoms in total. The molecule has 0 spiro atoms. The van der Waals surface area contributed by atoms with Gasteiger partial charge in [-0.15, -0.1) is 0 Å². The summed E-state index contributed by atoms with van der Waals surface area (Å²) < 4.78 is 2.75. The molecule has 0 aliphatic rings. The Bertz CT molecular complexity index is 934. The number of nitrogens with zero attached hydrogens (tertiary/aromatic N) is 2. The number of hydrogen-bond acceptors (Lipinski definition) is 4. The predicted molar refractivity (Wildman–Crippen MR) is 88.5 cm³/mol. The van der Waals surface area contributed by atoms with Crippen LogP contribution in [0.4, 0.5) is 0 Å². The summed E-state index contributed by atoms with van der Waals surface area (Å²) in [6.45, 7) is 0. The van der Waals surface area contributed by atoms with Crippen molar-refractivity contribution in [3.63, 3.8) is 0 Å². The molecule has 2 heterocycles. The minimum Gasteiger partial charge on any atom is -0.268 e. The number of fused-ring (bicyclic) bond motifs is 1. The smallest absolute Gasteiger partial charge is 0.267 e. The Morgan fingerprint density at radius 3 is 2.52 bits per heavy atom. The molecule has 4 rings (SSSR count). The number of hydrogen-bond donors (Lipinski definition) is 0. The van der Waals surface area contributed by atoms with Gasteiger partial charge in [0.2, 0.25) is 5.13 Å². The standard InChI is InChI=1S/C16H10N2OS2/c19-15-10-14(11-6-2-1-3-7-11)21-18(15)16-17-12-8-4-5-9-13(12)20-16/h1-10H. The average Bonchev–Trinajstić information content (AvgIpc) is 3.11. The molecule has 0 N–H and O–H groups in total. The quantitative estimate of drug-likeness (QED) is 0.557. The Labute approximate surface area is 128 Å². The van der Waals surface area contributed by atoms with E-state index in [1.165, 1.54) is 22.9 Å². The second-order valence-corrected chi connectivity index (χ2v) is 6.56. The molecule has 0 aliphatic heterocycles. The van der Waals surface area contributed by atoms with E-state index in [4.69, 9.17) is 0 Å². The molecule has 4 aromatic rings. The molecule has 21 heavy (non-hydrogen) atoms. The molecule has 0 saturated carbocycles. The van der Waals surface area contributed by atoms with Gasteiger partial charge in [-0.1, -0.05) is 53.8 Å². The molecule has 0 bridgehead atoms. The highest BCUT2D eigenvalue weighted by Gasteiger charge is 2.11. The van der Waals surface area contributed by atoms with Crippen molar-refractivity contribution in [1.82, 2.24) is 8.94 Å². The van der Waals surface area contributed by atoms with E-state index in [1.807, 2.05) is 54.6 Å². The number of para-hydroxylation sites is 1. The Morgan fingerprint density at radius 2 is 1.71 bits per heavy atom. The summed E-state index contributed by atoms with van der Waals surface area (Å²) in [5, 5.41) is 0.730. The van der Waals surface area contributed by atoms with Gasteiger partial charge in [-0.25, -0.2) is 8.94 Å². The van der Waals surface area contributed by atoms with E-state index in [9.17, 15) is 4.79 Å². The van der Waals surface area contributed by atoms with Crippen LogP contribution in [0.2, 0.25) is 0 Å². The number of benzene rings is 2. The largest absolute Gasteiger partial charge is 0.268 e. The van der Waals surface area contributed by atoms with E-state index in [2.05, 4.69) is 4.98 Å². The Hall–Kier alpha value is -2.24. The second-order valence-electron chi connectivity index (χ2n) is 4.56. The van der Waals surface area contributed by atoms with Gasteiger partial charge in [-0.2, -0.15) is 0 Å². The lowest BCUT2D eigenvalue weighted by atomic mass is 10.2. The van der Waals surface area contributed by atoms with Crippen molar-refractivity contribution in [1.29, 1.82) is 0 Å². The van der Waals surface area contributed by atoms with Crippen molar-refractivity contribution in [2.24, 2.45) is 0 Å². The Morgan fingerprint density at radius 1 is 0.952 bits per heavy atom. The predicted octanol–water partition coefficient (Wildman–Crippen LogP) is 4.18. The fraction of sp³-hybridized carbons (Fsp3) is 0. The first-order chi connectivity index (χ1) is 10.3. The zero-order chi connectivity index (χ0) is 14.2. The van der Waals surface area contributed by atoms with Gasteiger partial charge in [0, 0.05) is 6.07 Å². The number of thiazole rings is 1. The van der Waals surface area contributed by atoms with Crippen molar-refractivity contribution < 1.29 is 0 Å². The van der Waals surface area contributed by atoms with Gasteiger partial charge in [-0.3, -0.25) is 4.79 Å². The maximum Gasteiger partial charge on any atom is 0.267 e. The molecular weight excluding hydrogens is 300 g/mol. The van der Waals surface area contributed by atoms with Crippen LogP contribution < -0.4 is 5.56 Å². The molecule has 0 aliphatic carbocycles. The summed E-state index contributed by atoms with van der Waals surface area (Å²) >= 11 is 2.97. The minimum atomic E-state index is -0.0297. The fourth-order valence-corrected chi connectivity index (χ4v) is 4.11. The van der Waals surface area contributed by atoms with Gasteiger partial charge in [0.05, 0.1) is 15.1 Å². The van der Waals surface area contributed by atoms with Gasteiger partial charge >= 0.3 is 0 Å². The Kier molecular flexibility index (Phi) is 2.94. The van der Waals surface area contributed by atoms with Crippen molar-refractivity contribution in [2.45, 2.75) is 0 Å². The third kappa shape index (κ3) is 2.20. The highest BCUT2D eigenvalue weighted by molar-refractivity contribution is 7.22. The summed E-state index contributed by atoms with van der Waals surface area (Å²) in [5.74, 6) is 0. The molecule has 0 fully saturated rings. The fourth-order valence-electron chi connectivity index (χ4n) is 2.16. The minimum absolute atomic E-state index is 0.0297. The van der Waals surface area contributed by atoms with Gasteiger partial charge in [0.1, 0.15) is 0 Å². The summed E-state index contributed by atoms with van der Waals surface area (Å²) in [7, 11) is 0. The van der Waals surface area contributed by atoms with Crippen LogP contribution in [0.1, 0.15) is 0 Å². The van der Waals surface area contributed by atoms with Crippen molar-refractivity contribution in [3.05, 3.63) is 71.0 Å². The summed E-state index contributed by atoms with van der Waals surface area (Å²) in [4.78, 5) is 17.7. The van der Waals surface area contributed by atoms with Gasteiger partial charge in [0.15, 0.2) is 0 Å². The molecule has 0 atom stereocenters. The van der Waals surface area contributed by atoms with Gasteiger partial charge in [-0.05, 0) is 29.2 Å². The third-order valence-corrected chi connectivity index (χ3v) is 5.38. The highest BCUT2D eigenvalue weighted by Crippen LogP contribution is 2.28. The zero-order valence-electron chi connectivity index (χ0n) is 10.9. The monoisotopic (exact) mass is 310 g/mol. The van der Waals surface area contributed by atoms with Crippen molar-refractivity contribution in [2.75, 3.05) is 0 Å². The lowest BCUT2D eigenvalue weighted by molar-refractivity contribution is 1.11. The molecule has 5 heteroatoms. The molecular formula is C16H10N2OS2. The maximum atomic E-state index is 12.2. The summed E-state index contributed by atoms with van der Waals surface area (Å²) in [6.07, 6.45) is 0. The van der Waals surface area contributed by atoms with Crippen LogP contribution in [0.15, 0.2) is 65.5 Å². The summed E-state index contributed by atoms with van der Waals surface area (Å²) in [6, 6.07) is 19.5. The molecule has 0 amide bonds. The second kappa shape index (κ2) is 4.95. The molecule has 2 aromatic heterocycles. The van der Waals surface area contributed by atoms with Crippen LogP contribution >= 0.6 is 22.9 Å². The maximum absolute atomic E-state index is 12.2. The topological polar surface area (TPSA) is 34.9 Å². The highest BCUT2D eigenvalue weighted by atomic mass is 32.1. The average molecular weight is 310 g/mol. The normalized spacial score (nSPS) is 11.0. The first-order valence-electron chi connectivity index (χ1n) is 6.46. The van der Waals surface area contributed by atoms with Gasteiger partial charge < -0.3 is 0 Å². The van der Waals surface area contributed by atoms with Crippen LogP contribution in [-0.4, -0.2) is 8.94 Å². The van der Waals surface area contributed by atoms with Crippen LogP contribution in [-0.2, 0) is 0 Å². The number of aromatic nitrogens is 2. The van der Waals surface area contributed by atoms with Crippen molar-refractivity contribution in [3.8, 4) is 15.6 Å². The third-order valence-electron chi connectivity index (χ3n) is 3.16. The number of rotatable bonds is 2. The molecule has 2 aromatic carbocycles. The lowest BCUT2D eigenvalue weighted by Gasteiger charge is -1.94. The molecule has 102 valence electrons. The molecule has 0 radical (unpaired) electrons. The summed E-state index contributed by atoms with van der Waals surface area (Å²) in [5.41, 5.74) is 1.96. The van der Waals surface area contributed by atoms with E-state index in [0.29, 0.717) is 0 Å². The zero-order valence-corrected chi connectivity index (χ0v) is 12.5. The first-order valence-corrected chi connectivity index (χ1v) is 8.05. The lowest BCUT2D eigenvalue weighted by Crippen LogP contribution is -2.08. The van der Waals surface area contributed by atoms with Crippen LogP contribution in [0.5, 0.6) is 0 Å². The van der Waals surface area contributed by atoms with Crippen LogP contribution in [0.3, 0.4) is 0 Å². The van der Waals surface area contributed by atoms with Gasteiger partial charge in [0.25, 0.3) is 5.56 Å². The first kappa shape index (κ1) is 12.5. The van der Waals surface area contributed by atoms with Crippen LogP contribution in [0, 0.1) is 0 Å². The molecule has 0 unspecified atom stereocenters. The van der Waals surface area contributed by atoms with E-state index >= 15 is 0 Å². The van der Waals surface area contributed by atoms with E-state index in [0.717, 1.165) is 25.8 Å². The van der Waals surface area contributed by atoms with Crippen molar-refractivity contribution >= 4 is 33.1 Å². The van der Waals surface area contributed by atoms with E-state index < -0.39 is 0 Å². The van der Waals surface area contributed by atoms with E-state index in [1.54, 1.807) is 10.0 Å². The van der Waals surface area contributed by atoms with E-state index in [-0.39, 0.29) is 5.56 Å². The molecule has 0 saturated heterocycles. The Balaban J connectivity index is 1.86. The van der Waals surface area contributed by atoms with Crippen LogP contribution in [0.25, 0.3) is 25.8 Å².